The van der Waals surface area contributed by atoms with E-state index in [0.29, 0.717) is 16.3 Å². The molecule has 24 heavy (non-hydrogen) atoms. The van der Waals surface area contributed by atoms with Crippen LogP contribution in [0.5, 0.6) is 0 Å². The summed E-state index contributed by atoms with van der Waals surface area (Å²) >= 11 is 6.21. The quantitative estimate of drug-likeness (QED) is 0.710. The second-order valence-electron chi connectivity index (χ2n) is 5.68. The number of aromatic nitrogens is 1. The van der Waals surface area contributed by atoms with Gasteiger partial charge in [-0.15, -0.1) is 0 Å². The highest BCUT2D eigenvalue weighted by Crippen LogP contribution is 2.34. The number of nitrogens with one attached hydrogen (secondary N) is 1. The van der Waals surface area contributed by atoms with Crippen LogP contribution in [0.2, 0.25) is 5.02 Å². The first-order chi connectivity index (χ1) is 11.5. The summed E-state index contributed by atoms with van der Waals surface area (Å²) in [5.41, 5.74) is 4.75. The number of aliphatic carboxylic acids is 1. The number of hydrogen-bond donors (Lipinski definition) is 2. The highest BCUT2D eigenvalue weighted by atomic mass is 35.5. The standard InChI is InChI=1S/C19H17ClN2O2/c1-11-15(20)7-5-9-16(11)22-19-13-6-3-4-8-17(13)21-12(2)14(19)10-18(23)24/h3-9H,10H2,1-2H3,(H,21,22)(H,23,24). The van der Waals surface area contributed by atoms with Crippen LogP contribution in [-0.2, 0) is 11.2 Å². The fraction of sp³-hybridized carbons (Fsp3) is 0.158. The zero-order valence-electron chi connectivity index (χ0n) is 13.4. The Morgan fingerprint density at radius 1 is 1.17 bits per heavy atom. The Morgan fingerprint density at radius 2 is 1.92 bits per heavy atom. The van der Waals surface area contributed by atoms with Gasteiger partial charge in [-0.25, -0.2) is 0 Å². The van der Waals surface area contributed by atoms with Crippen LogP contribution in [0, 0.1) is 13.8 Å². The zero-order valence-corrected chi connectivity index (χ0v) is 14.2. The van der Waals surface area contributed by atoms with Gasteiger partial charge < -0.3 is 10.4 Å². The third kappa shape index (κ3) is 3.05. The molecule has 1 aromatic heterocycles. The van der Waals surface area contributed by atoms with E-state index in [2.05, 4.69) is 10.3 Å². The number of carbonyl (C=O) groups is 1. The molecule has 0 bridgehead atoms. The van der Waals surface area contributed by atoms with Crippen LogP contribution >= 0.6 is 11.6 Å². The molecule has 0 saturated carbocycles. The fourth-order valence-corrected chi connectivity index (χ4v) is 2.94. The number of carboxylic acids is 1. The van der Waals surface area contributed by atoms with Crippen molar-refractivity contribution in [2.45, 2.75) is 20.3 Å². The number of hydrogen-bond acceptors (Lipinski definition) is 3. The van der Waals surface area contributed by atoms with Crippen molar-refractivity contribution in [3.8, 4) is 0 Å². The van der Waals surface area contributed by atoms with E-state index in [9.17, 15) is 9.90 Å². The second kappa shape index (κ2) is 6.49. The predicted molar refractivity (Wildman–Crippen MR) is 97.3 cm³/mol. The minimum atomic E-state index is -0.888. The first-order valence-electron chi connectivity index (χ1n) is 7.59. The molecular formula is C19H17ClN2O2. The number of carboxylic acid groups (broad SMARTS) is 1. The molecule has 2 N–H and O–H groups in total. The molecule has 0 atom stereocenters. The lowest BCUT2D eigenvalue weighted by atomic mass is 10.0. The highest BCUT2D eigenvalue weighted by Gasteiger charge is 2.16. The first kappa shape index (κ1) is 16.3. The normalized spacial score (nSPS) is 10.8. The number of para-hydroxylation sites is 1. The lowest BCUT2D eigenvalue weighted by Gasteiger charge is -2.18. The number of anilines is 2. The largest absolute Gasteiger partial charge is 0.481 e. The van der Waals surface area contributed by atoms with Crippen LogP contribution in [0.3, 0.4) is 0 Å². The lowest BCUT2D eigenvalue weighted by Crippen LogP contribution is -2.08. The van der Waals surface area contributed by atoms with Crippen LogP contribution in [0.1, 0.15) is 16.8 Å². The molecule has 4 nitrogen and oxygen atoms in total. The highest BCUT2D eigenvalue weighted by molar-refractivity contribution is 6.31. The summed E-state index contributed by atoms with van der Waals surface area (Å²) in [5.74, 6) is -0.888. The summed E-state index contributed by atoms with van der Waals surface area (Å²) in [6.45, 7) is 3.76. The molecule has 0 amide bonds. The van der Waals surface area contributed by atoms with E-state index >= 15 is 0 Å². The summed E-state index contributed by atoms with van der Waals surface area (Å²) in [5, 5.41) is 14.2. The molecular weight excluding hydrogens is 324 g/mol. The second-order valence-corrected chi connectivity index (χ2v) is 6.08. The van der Waals surface area contributed by atoms with Crippen molar-refractivity contribution < 1.29 is 9.90 Å². The fourth-order valence-electron chi connectivity index (χ4n) is 2.76. The first-order valence-corrected chi connectivity index (χ1v) is 7.97. The van der Waals surface area contributed by atoms with E-state index in [1.807, 2.05) is 56.3 Å². The molecule has 0 aliphatic rings. The molecule has 0 fully saturated rings. The van der Waals surface area contributed by atoms with Gasteiger partial charge in [0, 0.05) is 27.4 Å². The summed E-state index contributed by atoms with van der Waals surface area (Å²) in [6.07, 6.45) is -0.0917. The summed E-state index contributed by atoms with van der Waals surface area (Å²) in [7, 11) is 0. The summed E-state index contributed by atoms with van der Waals surface area (Å²) < 4.78 is 0. The average Bonchev–Trinajstić information content (AvgIpc) is 2.54. The van der Waals surface area contributed by atoms with Crippen LogP contribution in [0.4, 0.5) is 11.4 Å². The van der Waals surface area contributed by atoms with E-state index in [1.54, 1.807) is 0 Å². The van der Waals surface area contributed by atoms with Gasteiger partial charge in [0.2, 0.25) is 0 Å². The maximum atomic E-state index is 11.3. The number of halogens is 1. The number of fused-ring (bicyclic) bond motifs is 1. The van der Waals surface area contributed by atoms with E-state index in [4.69, 9.17) is 11.6 Å². The Morgan fingerprint density at radius 3 is 2.67 bits per heavy atom. The van der Waals surface area contributed by atoms with Gasteiger partial charge in [-0.2, -0.15) is 0 Å². The zero-order chi connectivity index (χ0) is 17.3. The van der Waals surface area contributed by atoms with E-state index < -0.39 is 5.97 Å². The van der Waals surface area contributed by atoms with Crippen LogP contribution in [-0.4, -0.2) is 16.1 Å². The predicted octanol–water partition coefficient (Wildman–Crippen LogP) is 4.88. The van der Waals surface area contributed by atoms with Gasteiger partial charge >= 0.3 is 5.97 Å². The monoisotopic (exact) mass is 340 g/mol. The molecule has 0 saturated heterocycles. The number of aryl methyl sites for hydroxylation is 1. The summed E-state index contributed by atoms with van der Waals surface area (Å²) in [6, 6.07) is 13.3. The average molecular weight is 341 g/mol. The van der Waals surface area contributed by atoms with Crippen LogP contribution in [0.15, 0.2) is 42.5 Å². The van der Waals surface area contributed by atoms with Crippen molar-refractivity contribution in [3.63, 3.8) is 0 Å². The van der Waals surface area contributed by atoms with Crippen molar-refractivity contribution in [3.05, 3.63) is 64.3 Å². The smallest absolute Gasteiger partial charge is 0.307 e. The number of nitrogens with zero attached hydrogens (tertiary/aromatic N) is 1. The van der Waals surface area contributed by atoms with Crippen LogP contribution < -0.4 is 5.32 Å². The maximum Gasteiger partial charge on any atom is 0.307 e. The molecule has 0 aliphatic carbocycles. The Balaban J connectivity index is 2.23. The Hall–Kier alpha value is -2.59. The molecule has 0 radical (unpaired) electrons. The van der Waals surface area contributed by atoms with E-state index in [1.165, 1.54) is 0 Å². The van der Waals surface area contributed by atoms with Gasteiger partial charge in [0.15, 0.2) is 0 Å². The molecule has 5 heteroatoms. The third-order valence-electron chi connectivity index (χ3n) is 4.06. The van der Waals surface area contributed by atoms with Crippen LogP contribution in [0.25, 0.3) is 10.9 Å². The minimum absolute atomic E-state index is 0.0917. The molecule has 122 valence electrons. The van der Waals surface area contributed by atoms with Crippen molar-refractivity contribution >= 4 is 39.8 Å². The molecule has 0 spiro atoms. The lowest BCUT2D eigenvalue weighted by molar-refractivity contribution is -0.136. The molecule has 1 heterocycles. The topological polar surface area (TPSA) is 62.2 Å². The molecule has 0 unspecified atom stereocenters. The van der Waals surface area contributed by atoms with E-state index in [0.717, 1.165) is 27.8 Å². The van der Waals surface area contributed by atoms with Gasteiger partial charge in [-0.3, -0.25) is 9.78 Å². The van der Waals surface area contributed by atoms with Gasteiger partial charge in [-0.1, -0.05) is 35.9 Å². The number of benzene rings is 2. The maximum absolute atomic E-state index is 11.3. The van der Waals surface area contributed by atoms with Gasteiger partial charge in [0.25, 0.3) is 0 Å². The Bertz CT molecular complexity index is 938. The molecule has 0 aliphatic heterocycles. The SMILES string of the molecule is Cc1nc2ccccc2c(Nc2cccc(Cl)c2C)c1CC(=O)O. The number of rotatable bonds is 4. The van der Waals surface area contributed by atoms with Gasteiger partial charge in [0.05, 0.1) is 17.6 Å². The number of pyridine rings is 1. The van der Waals surface area contributed by atoms with Gasteiger partial charge in [0.1, 0.15) is 0 Å². The van der Waals surface area contributed by atoms with Crippen molar-refractivity contribution in [1.29, 1.82) is 0 Å². The third-order valence-corrected chi connectivity index (χ3v) is 4.46. The Labute approximate surface area is 145 Å². The molecule has 3 rings (SSSR count). The van der Waals surface area contributed by atoms with Crippen molar-refractivity contribution in [2.24, 2.45) is 0 Å². The summed E-state index contributed by atoms with van der Waals surface area (Å²) in [4.78, 5) is 15.8. The molecule has 3 aromatic rings. The van der Waals surface area contributed by atoms with E-state index in [-0.39, 0.29) is 6.42 Å². The minimum Gasteiger partial charge on any atom is -0.481 e. The van der Waals surface area contributed by atoms with Crippen molar-refractivity contribution in [1.82, 2.24) is 4.98 Å². The van der Waals surface area contributed by atoms with Crippen molar-refractivity contribution in [2.75, 3.05) is 5.32 Å². The van der Waals surface area contributed by atoms with Gasteiger partial charge in [-0.05, 0) is 37.6 Å². The molecule has 2 aromatic carbocycles. The Kier molecular flexibility index (Phi) is 4.40.